The number of rotatable bonds is 7. The summed E-state index contributed by atoms with van der Waals surface area (Å²) in [6.07, 6.45) is 14.4. The number of unbranched alkanes of at least 4 members (excludes halogenated alkanes) is 3. The molecule has 0 spiro atoms. The Morgan fingerprint density at radius 3 is 2.80 bits per heavy atom. The first-order chi connectivity index (χ1) is 9.81. The van der Waals surface area contributed by atoms with E-state index >= 15 is 0 Å². The van der Waals surface area contributed by atoms with Gasteiger partial charge < -0.3 is 5.32 Å². The maximum absolute atomic E-state index is 4.50. The number of aromatic nitrogens is 2. The second-order valence-corrected chi connectivity index (χ2v) is 6.10. The van der Waals surface area contributed by atoms with Gasteiger partial charge in [-0.25, -0.2) is 9.97 Å². The Morgan fingerprint density at radius 2 is 1.95 bits per heavy atom. The van der Waals surface area contributed by atoms with Crippen LogP contribution < -0.4 is 5.32 Å². The average molecular weight is 275 g/mol. The van der Waals surface area contributed by atoms with Gasteiger partial charge in [0.2, 0.25) is 0 Å². The van der Waals surface area contributed by atoms with Crippen LogP contribution in [0.3, 0.4) is 0 Å². The molecule has 1 aliphatic carbocycles. The molecule has 0 radical (unpaired) electrons. The summed E-state index contributed by atoms with van der Waals surface area (Å²) in [7, 11) is 0. The van der Waals surface area contributed by atoms with E-state index in [9.17, 15) is 0 Å². The van der Waals surface area contributed by atoms with Crippen molar-refractivity contribution in [3.8, 4) is 0 Å². The van der Waals surface area contributed by atoms with Crippen LogP contribution in [0.2, 0.25) is 0 Å². The lowest BCUT2D eigenvalue weighted by Crippen LogP contribution is -2.18. The molecule has 20 heavy (non-hydrogen) atoms. The van der Waals surface area contributed by atoms with Crippen molar-refractivity contribution in [1.82, 2.24) is 9.97 Å². The quantitative estimate of drug-likeness (QED) is 0.587. The highest BCUT2D eigenvalue weighted by atomic mass is 15.0. The van der Waals surface area contributed by atoms with Crippen molar-refractivity contribution in [1.29, 1.82) is 0 Å². The molecule has 1 N–H and O–H groups in total. The molecule has 3 nitrogen and oxygen atoms in total. The summed E-state index contributed by atoms with van der Waals surface area (Å²) in [5.41, 5.74) is 2.66. The Hall–Kier alpha value is -1.12. The topological polar surface area (TPSA) is 37.8 Å². The highest BCUT2D eigenvalue weighted by Gasteiger charge is 2.15. The van der Waals surface area contributed by atoms with Crippen LogP contribution in [0.1, 0.15) is 76.5 Å². The van der Waals surface area contributed by atoms with Crippen molar-refractivity contribution in [2.45, 2.75) is 84.1 Å². The van der Waals surface area contributed by atoms with E-state index in [1.54, 1.807) is 6.33 Å². The van der Waals surface area contributed by atoms with Gasteiger partial charge in [0.05, 0.1) is 0 Å². The van der Waals surface area contributed by atoms with Crippen molar-refractivity contribution in [2.75, 3.05) is 5.32 Å². The van der Waals surface area contributed by atoms with E-state index in [0.29, 0.717) is 6.04 Å². The predicted molar refractivity (Wildman–Crippen MR) is 85.1 cm³/mol. The van der Waals surface area contributed by atoms with Crippen LogP contribution in [0.4, 0.5) is 5.82 Å². The Balaban J connectivity index is 1.92. The van der Waals surface area contributed by atoms with Gasteiger partial charge in [0.15, 0.2) is 0 Å². The fraction of sp³-hybridized carbons (Fsp3) is 0.765. The van der Waals surface area contributed by atoms with Gasteiger partial charge in [-0.05, 0) is 39.0 Å². The van der Waals surface area contributed by atoms with Gasteiger partial charge in [0.25, 0.3) is 0 Å². The van der Waals surface area contributed by atoms with E-state index in [1.807, 2.05) is 0 Å². The van der Waals surface area contributed by atoms with E-state index in [1.165, 1.54) is 62.6 Å². The number of fused-ring (bicyclic) bond motifs is 1. The first kappa shape index (κ1) is 15.3. The van der Waals surface area contributed by atoms with Crippen molar-refractivity contribution >= 4 is 5.82 Å². The average Bonchev–Trinajstić information content (AvgIpc) is 2.70. The lowest BCUT2D eigenvalue weighted by Gasteiger charge is -2.18. The van der Waals surface area contributed by atoms with E-state index < -0.39 is 0 Å². The molecule has 1 atom stereocenters. The molecule has 0 fully saturated rings. The number of anilines is 1. The highest BCUT2D eigenvalue weighted by molar-refractivity contribution is 5.47. The molecule has 1 aromatic heterocycles. The fourth-order valence-corrected chi connectivity index (χ4v) is 3.01. The van der Waals surface area contributed by atoms with Crippen LogP contribution in [0.5, 0.6) is 0 Å². The summed E-state index contributed by atoms with van der Waals surface area (Å²) < 4.78 is 0. The number of hydrogen-bond donors (Lipinski definition) is 1. The van der Waals surface area contributed by atoms with E-state index in [2.05, 4.69) is 29.1 Å². The van der Waals surface area contributed by atoms with Crippen LogP contribution in [0.15, 0.2) is 6.33 Å². The van der Waals surface area contributed by atoms with E-state index in [0.717, 1.165) is 18.7 Å². The minimum Gasteiger partial charge on any atom is -0.367 e. The number of nitrogens with one attached hydrogen (secondary N) is 1. The van der Waals surface area contributed by atoms with Gasteiger partial charge in [-0.15, -0.1) is 0 Å². The van der Waals surface area contributed by atoms with Gasteiger partial charge in [0.1, 0.15) is 12.1 Å². The summed E-state index contributed by atoms with van der Waals surface area (Å²) in [4.78, 5) is 8.98. The molecular weight excluding hydrogens is 246 g/mol. The van der Waals surface area contributed by atoms with E-state index in [-0.39, 0.29) is 0 Å². The molecular formula is C17H29N3. The van der Waals surface area contributed by atoms with Gasteiger partial charge in [-0.2, -0.15) is 0 Å². The number of nitrogens with zero attached hydrogens (tertiary/aromatic N) is 2. The third-order valence-corrected chi connectivity index (χ3v) is 4.25. The first-order valence-corrected chi connectivity index (χ1v) is 8.40. The molecule has 0 aliphatic heterocycles. The first-order valence-electron chi connectivity index (χ1n) is 8.40. The standard InChI is InChI=1S/C17H29N3/c1-3-4-5-7-10-14(2)20-17-15-11-8-6-9-12-16(15)18-13-19-17/h13-14H,3-12H2,1-2H3,(H,18,19,20). The van der Waals surface area contributed by atoms with Crippen molar-refractivity contribution in [2.24, 2.45) is 0 Å². The summed E-state index contributed by atoms with van der Waals surface area (Å²) in [6, 6.07) is 0.508. The molecule has 1 aromatic rings. The molecule has 0 saturated carbocycles. The normalized spacial score (nSPS) is 16.3. The Kier molecular flexibility index (Phi) is 6.28. The molecule has 1 unspecified atom stereocenters. The molecule has 1 heterocycles. The summed E-state index contributed by atoms with van der Waals surface area (Å²) in [6.45, 7) is 4.54. The Bertz CT molecular complexity index is 403. The molecule has 0 amide bonds. The van der Waals surface area contributed by atoms with Crippen molar-refractivity contribution in [3.63, 3.8) is 0 Å². The minimum atomic E-state index is 0.508. The van der Waals surface area contributed by atoms with E-state index in [4.69, 9.17) is 0 Å². The zero-order valence-corrected chi connectivity index (χ0v) is 13.1. The van der Waals surface area contributed by atoms with Crippen LogP contribution in [0.25, 0.3) is 0 Å². The monoisotopic (exact) mass is 275 g/mol. The lowest BCUT2D eigenvalue weighted by molar-refractivity contribution is 0.592. The molecule has 112 valence electrons. The smallest absolute Gasteiger partial charge is 0.133 e. The number of aryl methyl sites for hydroxylation is 1. The second kappa shape index (κ2) is 8.23. The van der Waals surface area contributed by atoms with Crippen molar-refractivity contribution in [3.05, 3.63) is 17.6 Å². The van der Waals surface area contributed by atoms with Gasteiger partial charge in [-0.3, -0.25) is 0 Å². The summed E-state index contributed by atoms with van der Waals surface area (Å²) in [5.74, 6) is 1.10. The largest absolute Gasteiger partial charge is 0.367 e. The Labute approximate surface area is 123 Å². The van der Waals surface area contributed by atoms with Crippen molar-refractivity contribution < 1.29 is 0 Å². The fourth-order valence-electron chi connectivity index (χ4n) is 3.01. The highest BCUT2D eigenvalue weighted by Crippen LogP contribution is 2.24. The molecule has 1 aliphatic rings. The molecule has 0 aromatic carbocycles. The Morgan fingerprint density at radius 1 is 1.10 bits per heavy atom. The third kappa shape index (κ3) is 4.46. The van der Waals surface area contributed by atoms with Gasteiger partial charge >= 0.3 is 0 Å². The van der Waals surface area contributed by atoms with Crippen LogP contribution in [-0.2, 0) is 12.8 Å². The van der Waals surface area contributed by atoms with Crippen LogP contribution in [0, 0.1) is 0 Å². The van der Waals surface area contributed by atoms with Crippen LogP contribution >= 0.6 is 0 Å². The van der Waals surface area contributed by atoms with Gasteiger partial charge in [-0.1, -0.05) is 39.0 Å². The minimum absolute atomic E-state index is 0.508. The summed E-state index contributed by atoms with van der Waals surface area (Å²) in [5, 5.41) is 3.62. The zero-order chi connectivity index (χ0) is 14.2. The SMILES string of the molecule is CCCCCCC(C)Nc1ncnc2c1CCCCC2. The molecule has 2 rings (SSSR count). The summed E-state index contributed by atoms with van der Waals surface area (Å²) >= 11 is 0. The molecule has 0 saturated heterocycles. The molecule has 0 bridgehead atoms. The third-order valence-electron chi connectivity index (χ3n) is 4.25. The number of hydrogen-bond acceptors (Lipinski definition) is 3. The van der Waals surface area contributed by atoms with Gasteiger partial charge in [0, 0.05) is 17.3 Å². The second-order valence-electron chi connectivity index (χ2n) is 6.10. The zero-order valence-electron chi connectivity index (χ0n) is 13.1. The lowest BCUT2D eigenvalue weighted by atomic mass is 10.1. The maximum Gasteiger partial charge on any atom is 0.133 e. The molecule has 3 heteroatoms. The maximum atomic E-state index is 4.50. The van der Waals surface area contributed by atoms with Crippen LogP contribution in [-0.4, -0.2) is 16.0 Å². The predicted octanol–water partition coefficient (Wildman–Crippen LogP) is 4.52.